The molecule has 0 saturated carbocycles. The van der Waals surface area contributed by atoms with E-state index in [-0.39, 0.29) is 18.0 Å². The number of aromatic nitrogens is 1. The molecule has 2 aliphatic heterocycles. The maximum atomic E-state index is 12.6. The van der Waals surface area contributed by atoms with Crippen LogP contribution < -0.4 is 16.0 Å². The lowest BCUT2D eigenvalue weighted by Crippen LogP contribution is -2.50. The number of likely N-dealkylation sites (tertiary alicyclic amines) is 1. The lowest BCUT2D eigenvalue weighted by atomic mass is 10.1. The topological polar surface area (TPSA) is 98.8 Å². The summed E-state index contributed by atoms with van der Waals surface area (Å²) in [6.07, 6.45) is 3.48. The number of urea groups is 1. The predicted molar refractivity (Wildman–Crippen MR) is 133 cm³/mol. The Morgan fingerprint density at radius 1 is 1.06 bits per heavy atom. The summed E-state index contributed by atoms with van der Waals surface area (Å²) in [6, 6.07) is 9.92. The number of nitrogens with zero attached hydrogens (tertiary/aromatic N) is 3. The van der Waals surface area contributed by atoms with Gasteiger partial charge in [-0.1, -0.05) is 17.7 Å². The van der Waals surface area contributed by atoms with E-state index in [9.17, 15) is 9.59 Å². The zero-order valence-corrected chi connectivity index (χ0v) is 19.9. The van der Waals surface area contributed by atoms with E-state index in [1.165, 1.54) is 6.20 Å². The van der Waals surface area contributed by atoms with Crippen LogP contribution in [0.1, 0.15) is 23.2 Å². The number of pyridine rings is 1. The van der Waals surface area contributed by atoms with Crippen LogP contribution in [0.15, 0.2) is 42.6 Å². The average Bonchev–Trinajstić information content (AvgIpc) is 2.85. The van der Waals surface area contributed by atoms with Gasteiger partial charge in [0.25, 0.3) is 5.91 Å². The van der Waals surface area contributed by atoms with Crippen molar-refractivity contribution in [1.29, 1.82) is 0 Å². The van der Waals surface area contributed by atoms with Gasteiger partial charge in [-0.05, 0) is 49.7 Å². The summed E-state index contributed by atoms with van der Waals surface area (Å²) in [4.78, 5) is 34.1. The second-order valence-corrected chi connectivity index (χ2v) is 9.03. The van der Waals surface area contributed by atoms with E-state index in [2.05, 4.69) is 30.7 Å². The first kappa shape index (κ1) is 24.4. The van der Waals surface area contributed by atoms with E-state index in [1.807, 2.05) is 0 Å². The van der Waals surface area contributed by atoms with Crippen molar-refractivity contribution in [3.8, 4) is 0 Å². The molecule has 1 aromatic heterocycles. The average molecular weight is 487 g/mol. The molecule has 0 radical (unpaired) electrons. The molecule has 182 valence electrons. The van der Waals surface area contributed by atoms with E-state index < -0.39 is 0 Å². The first-order valence-corrected chi connectivity index (χ1v) is 12.1. The summed E-state index contributed by atoms with van der Waals surface area (Å²) in [5.41, 5.74) is 0.968. The van der Waals surface area contributed by atoms with E-state index in [0.29, 0.717) is 22.1 Å². The van der Waals surface area contributed by atoms with Crippen LogP contribution in [0.25, 0.3) is 0 Å². The molecule has 10 heteroatoms. The number of carbonyl (C=O) groups excluding carboxylic acids is 2. The van der Waals surface area contributed by atoms with Crippen molar-refractivity contribution in [3.05, 3.63) is 53.2 Å². The number of hydrogen-bond donors (Lipinski definition) is 3. The summed E-state index contributed by atoms with van der Waals surface area (Å²) in [5, 5.41) is 9.14. The third-order valence-electron chi connectivity index (χ3n) is 6.03. The number of piperidine rings is 1. The minimum Gasteiger partial charge on any atom is -0.379 e. The van der Waals surface area contributed by atoms with Crippen LogP contribution in [0.5, 0.6) is 0 Å². The fourth-order valence-electron chi connectivity index (χ4n) is 4.21. The number of hydrogen-bond acceptors (Lipinski definition) is 6. The van der Waals surface area contributed by atoms with Crippen molar-refractivity contribution < 1.29 is 14.3 Å². The Morgan fingerprint density at radius 3 is 2.68 bits per heavy atom. The molecule has 1 aromatic carbocycles. The molecule has 2 aromatic rings. The number of amides is 3. The van der Waals surface area contributed by atoms with Gasteiger partial charge in [-0.3, -0.25) is 9.69 Å². The largest absolute Gasteiger partial charge is 0.379 e. The number of nitrogens with one attached hydrogen (secondary N) is 3. The van der Waals surface area contributed by atoms with Crippen LogP contribution in [0.4, 0.5) is 16.3 Å². The summed E-state index contributed by atoms with van der Waals surface area (Å²) in [6.45, 7) is 7.53. The second-order valence-electron chi connectivity index (χ2n) is 8.59. The van der Waals surface area contributed by atoms with Gasteiger partial charge in [0.05, 0.1) is 18.2 Å². The van der Waals surface area contributed by atoms with E-state index in [4.69, 9.17) is 16.3 Å². The molecule has 1 unspecified atom stereocenters. The Bertz CT molecular complexity index is 967. The highest BCUT2D eigenvalue weighted by molar-refractivity contribution is 6.30. The normalized spacial score (nSPS) is 19.4. The predicted octanol–water partition coefficient (Wildman–Crippen LogP) is 2.91. The molecule has 0 spiro atoms. The molecule has 2 aliphatic rings. The Labute approximate surface area is 204 Å². The quantitative estimate of drug-likeness (QED) is 0.556. The maximum absolute atomic E-state index is 12.6. The molecule has 3 amide bonds. The van der Waals surface area contributed by atoms with Crippen molar-refractivity contribution in [2.75, 3.05) is 63.1 Å². The van der Waals surface area contributed by atoms with Gasteiger partial charge in [-0.2, -0.15) is 0 Å². The van der Waals surface area contributed by atoms with Crippen LogP contribution in [0, 0.1) is 0 Å². The molecule has 3 heterocycles. The fraction of sp³-hybridized carbons (Fsp3) is 0.458. The summed E-state index contributed by atoms with van der Waals surface area (Å²) < 4.78 is 5.41. The standard InChI is InChI=1S/C24H31ClN6O3/c25-19-6-7-22(26-16-19)29-23(32)18-3-1-4-20(15-18)27-24(33)28-21-5-2-8-31(17-21)10-9-30-11-13-34-14-12-30/h1,3-4,6-7,15-16,21H,2,5,8-14,17H2,(H,26,29,32)(H2,27,28,33). The third-order valence-corrected chi connectivity index (χ3v) is 6.25. The van der Waals surface area contributed by atoms with Crippen molar-refractivity contribution in [1.82, 2.24) is 20.1 Å². The molecule has 9 nitrogen and oxygen atoms in total. The number of rotatable bonds is 7. The number of morpholine rings is 1. The zero-order chi connectivity index (χ0) is 23.8. The monoisotopic (exact) mass is 486 g/mol. The molecule has 34 heavy (non-hydrogen) atoms. The Morgan fingerprint density at radius 2 is 1.88 bits per heavy atom. The SMILES string of the molecule is O=C(Nc1cccc(C(=O)Nc2ccc(Cl)cn2)c1)NC1CCCN(CCN2CCOCC2)C1. The number of carbonyl (C=O) groups is 2. The van der Waals surface area contributed by atoms with Gasteiger partial charge >= 0.3 is 6.03 Å². The van der Waals surface area contributed by atoms with Crippen molar-refractivity contribution in [2.24, 2.45) is 0 Å². The molecular weight excluding hydrogens is 456 g/mol. The second kappa shape index (κ2) is 12.1. The molecule has 3 N–H and O–H groups in total. The Balaban J connectivity index is 1.24. The maximum Gasteiger partial charge on any atom is 0.319 e. The molecule has 4 rings (SSSR count). The number of halogens is 1. The molecule has 1 atom stereocenters. The number of anilines is 2. The summed E-state index contributed by atoms with van der Waals surface area (Å²) >= 11 is 5.83. The van der Waals surface area contributed by atoms with Crippen LogP contribution in [-0.2, 0) is 4.74 Å². The van der Waals surface area contributed by atoms with Crippen molar-refractivity contribution in [2.45, 2.75) is 18.9 Å². The molecular formula is C24H31ClN6O3. The highest BCUT2D eigenvalue weighted by Crippen LogP contribution is 2.15. The lowest BCUT2D eigenvalue weighted by molar-refractivity contribution is 0.0317. The third kappa shape index (κ3) is 7.39. The van der Waals surface area contributed by atoms with Crippen LogP contribution in [-0.4, -0.2) is 85.2 Å². The molecule has 2 fully saturated rings. The van der Waals surface area contributed by atoms with Gasteiger partial charge in [0.15, 0.2) is 0 Å². The smallest absolute Gasteiger partial charge is 0.319 e. The van der Waals surface area contributed by atoms with E-state index in [0.717, 1.165) is 65.3 Å². The Hall–Kier alpha value is -2.72. The molecule has 0 aliphatic carbocycles. The number of ether oxygens (including phenoxy) is 1. The van der Waals surface area contributed by atoms with Gasteiger partial charge in [-0.25, -0.2) is 9.78 Å². The first-order chi connectivity index (χ1) is 16.5. The first-order valence-electron chi connectivity index (χ1n) is 11.7. The lowest BCUT2D eigenvalue weighted by Gasteiger charge is -2.35. The van der Waals surface area contributed by atoms with Gasteiger partial charge in [0, 0.05) is 56.2 Å². The highest BCUT2D eigenvalue weighted by Gasteiger charge is 2.22. The van der Waals surface area contributed by atoms with Crippen LogP contribution in [0.2, 0.25) is 5.02 Å². The summed E-state index contributed by atoms with van der Waals surface area (Å²) in [5.74, 6) is 0.0862. The van der Waals surface area contributed by atoms with E-state index >= 15 is 0 Å². The van der Waals surface area contributed by atoms with Gasteiger partial charge in [0.2, 0.25) is 0 Å². The van der Waals surface area contributed by atoms with Gasteiger partial charge < -0.3 is 25.6 Å². The fourth-order valence-corrected chi connectivity index (χ4v) is 4.32. The van der Waals surface area contributed by atoms with Crippen LogP contribution in [0.3, 0.4) is 0 Å². The summed E-state index contributed by atoms with van der Waals surface area (Å²) in [7, 11) is 0. The minimum absolute atomic E-state index is 0.0981. The Kier molecular flexibility index (Phi) is 8.70. The molecule has 2 saturated heterocycles. The minimum atomic E-state index is -0.318. The van der Waals surface area contributed by atoms with Gasteiger partial charge in [0.1, 0.15) is 5.82 Å². The number of benzene rings is 1. The van der Waals surface area contributed by atoms with Crippen molar-refractivity contribution in [3.63, 3.8) is 0 Å². The molecule has 0 bridgehead atoms. The van der Waals surface area contributed by atoms with Crippen molar-refractivity contribution >= 4 is 35.0 Å². The van der Waals surface area contributed by atoms with E-state index in [1.54, 1.807) is 36.4 Å². The van der Waals surface area contributed by atoms with Crippen LogP contribution >= 0.6 is 11.6 Å². The highest BCUT2D eigenvalue weighted by atomic mass is 35.5. The zero-order valence-electron chi connectivity index (χ0n) is 19.1. The van der Waals surface area contributed by atoms with Gasteiger partial charge in [-0.15, -0.1) is 0 Å².